The monoisotopic (exact) mass is 675 g/mol. The number of para-hydroxylation sites is 3. The molecular weight excluding hydrogens is 643 g/mol. The first-order valence-electron chi connectivity index (χ1n) is 18.2. The van der Waals surface area contributed by atoms with Gasteiger partial charge in [0, 0.05) is 50.2 Å². The molecule has 248 valence electrons. The fraction of sp³-hybridized carbons (Fsp3) is 0. The lowest BCUT2D eigenvalue weighted by atomic mass is 9.98. The molecule has 0 N–H and O–H groups in total. The normalized spacial score (nSPS) is 11.8. The van der Waals surface area contributed by atoms with E-state index in [1.165, 1.54) is 76.8 Å². The van der Waals surface area contributed by atoms with E-state index in [0.717, 1.165) is 17.1 Å². The molecule has 0 spiro atoms. The first-order chi connectivity index (χ1) is 26.3. The van der Waals surface area contributed by atoms with Crippen LogP contribution in [0.4, 0.5) is 0 Å². The Kier molecular flexibility index (Phi) is 6.55. The molecule has 8 aromatic carbocycles. The van der Waals surface area contributed by atoms with Gasteiger partial charge in [0.05, 0.1) is 27.6 Å². The molecule has 0 fully saturated rings. The zero-order chi connectivity index (χ0) is 34.9. The van der Waals surface area contributed by atoms with Gasteiger partial charge in [-0.25, -0.2) is 0 Å². The fourth-order valence-corrected chi connectivity index (χ4v) is 8.49. The minimum absolute atomic E-state index is 1.13. The topological polar surface area (TPSA) is 14.8 Å². The molecule has 0 aliphatic carbocycles. The van der Waals surface area contributed by atoms with Gasteiger partial charge < -0.3 is 13.7 Å². The van der Waals surface area contributed by atoms with Gasteiger partial charge in [0.25, 0.3) is 0 Å². The van der Waals surface area contributed by atoms with E-state index >= 15 is 0 Å². The maximum atomic E-state index is 2.46. The van der Waals surface area contributed by atoms with E-state index in [9.17, 15) is 0 Å². The molecule has 3 heterocycles. The third-order valence-electron chi connectivity index (χ3n) is 10.8. The Labute approximate surface area is 306 Å². The van der Waals surface area contributed by atoms with Gasteiger partial charge in [-0.05, 0) is 89.0 Å². The van der Waals surface area contributed by atoms with Crippen LogP contribution in [0.3, 0.4) is 0 Å². The van der Waals surface area contributed by atoms with Crippen molar-refractivity contribution >= 4 is 54.5 Å². The van der Waals surface area contributed by atoms with Crippen molar-refractivity contribution in [2.45, 2.75) is 0 Å². The number of fused-ring (bicyclic) bond motifs is 8. The molecule has 0 atom stereocenters. The predicted octanol–water partition coefficient (Wildman–Crippen LogP) is 13.2. The molecule has 3 nitrogen and oxygen atoms in total. The summed E-state index contributed by atoms with van der Waals surface area (Å²) in [6, 6.07) is 70.4. The Hall–Kier alpha value is -7.10. The van der Waals surface area contributed by atoms with E-state index in [4.69, 9.17) is 0 Å². The van der Waals surface area contributed by atoms with Crippen LogP contribution < -0.4 is 0 Å². The van der Waals surface area contributed by atoms with Crippen molar-refractivity contribution in [1.82, 2.24) is 13.7 Å². The molecule has 0 bridgehead atoms. The Balaban J connectivity index is 1.15. The second kappa shape index (κ2) is 11.7. The quantitative estimate of drug-likeness (QED) is 0.172. The van der Waals surface area contributed by atoms with E-state index in [2.05, 4.69) is 214 Å². The van der Waals surface area contributed by atoms with Crippen molar-refractivity contribution in [3.05, 3.63) is 200 Å². The largest absolute Gasteiger partial charge is 0.316 e. The van der Waals surface area contributed by atoms with E-state index in [1.54, 1.807) is 0 Å². The smallest absolute Gasteiger partial charge is 0.0635 e. The van der Waals surface area contributed by atoms with Gasteiger partial charge in [0.15, 0.2) is 0 Å². The molecule has 0 saturated heterocycles. The lowest BCUT2D eigenvalue weighted by Crippen LogP contribution is -1.99. The van der Waals surface area contributed by atoms with Crippen LogP contribution in [0.5, 0.6) is 0 Å². The Morgan fingerprint density at radius 3 is 1.38 bits per heavy atom. The minimum Gasteiger partial charge on any atom is -0.316 e. The van der Waals surface area contributed by atoms with Crippen molar-refractivity contribution in [3.63, 3.8) is 0 Å². The van der Waals surface area contributed by atoms with Crippen LogP contribution in [-0.2, 0) is 0 Å². The Bertz CT molecular complexity index is 3050. The molecule has 11 rings (SSSR count). The second-order valence-corrected chi connectivity index (χ2v) is 13.8. The molecule has 53 heavy (non-hydrogen) atoms. The Morgan fingerprint density at radius 1 is 0.264 bits per heavy atom. The Morgan fingerprint density at radius 2 is 0.774 bits per heavy atom. The summed E-state index contributed by atoms with van der Waals surface area (Å²) in [5.74, 6) is 0. The van der Waals surface area contributed by atoms with Crippen LogP contribution in [0, 0.1) is 0 Å². The molecule has 0 aliphatic rings. The average molecular weight is 676 g/mol. The van der Waals surface area contributed by atoms with Crippen molar-refractivity contribution in [2.24, 2.45) is 0 Å². The van der Waals surface area contributed by atoms with Gasteiger partial charge in [0.1, 0.15) is 0 Å². The summed E-state index contributed by atoms with van der Waals surface area (Å²) < 4.78 is 7.22. The van der Waals surface area contributed by atoms with E-state index in [-0.39, 0.29) is 0 Å². The maximum Gasteiger partial charge on any atom is 0.0635 e. The van der Waals surface area contributed by atoms with Gasteiger partial charge >= 0.3 is 0 Å². The molecule has 0 radical (unpaired) electrons. The lowest BCUT2D eigenvalue weighted by Gasteiger charge is -2.14. The van der Waals surface area contributed by atoms with Gasteiger partial charge in [0.2, 0.25) is 0 Å². The molecule has 0 aliphatic heterocycles. The van der Waals surface area contributed by atoms with Crippen molar-refractivity contribution in [3.8, 4) is 39.3 Å². The highest BCUT2D eigenvalue weighted by Gasteiger charge is 2.19. The highest BCUT2D eigenvalue weighted by atomic mass is 15.0. The van der Waals surface area contributed by atoms with Gasteiger partial charge in [-0.15, -0.1) is 0 Å². The summed E-state index contributed by atoms with van der Waals surface area (Å²) in [4.78, 5) is 0. The summed E-state index contributed by atoms with van der Waals surface area (Å²) in [6.07, 6.45) is 2.24. The number of aromatic nitrogens is 3. The molecule has 3 aromatic heterocycles. The van der Waals surface area contributed by atoms with Crippen LogP contribution in [0.2, 0.25) is 0 Å². The number of nitrogens with zero attached hydrogens (tertiary/aromatic N) is 3. The highest BCUT2D eigenvalue weighted by Crippen LogP contribution is 2.40. The second-order valence-electron chi connectivity index (χ2n) is 13.8. The summed E-state index contributed by atoms with van der Waals surface area (Å²) in [5, 5.41) is 6.24. The number of rotatable bonds is 5. The van der Waals surface area contributed by atoms with E-state index in [0.29, 0.717) is 0 Å². The molecule has 0 saturated carbocycles. The molecular formula is C50H33N3. The van der Waals surface area contributed by atoms with Crippen LogP contribution in [0.15, 0.2) is 200 Å². The molecule has 11 aromatic rings. The van der Waals surface area contributed by atoms with Crippen molar-refractivity contribution in [2.75, 3.05) is 0 Å². The summed E-state index contributed by atoms with van der Waals surface area (Å²) >= 11 is 0. The van der Waals surface area contributed by atoms with Gasteiger partial charge in [-0.2, -0.15) is 0 Å². The highest BCUT2D eigenvalue weighted by molar-refractivity contribution is 6.18. The number of benzene rings is 8. The van der Waals surface area contributed by atoms with E-state index < -0.39 is 0 Å². The summed E-state index contributed by atoms with van der Waals surface area (Å²) in [6.45, 7) is 0. The van der Waals surface area contributed by atoms with Gasteiger partial charge in [-0.3, -0.25) is 0 Å². The number of hydrogen-bond acceptors (Lipinski definition) is 0. The third kappa shape index (κ3) is 4.61. The number of hydrogen-bond donors (Lipinski definition) is 0. The van der Waals surface area contributed by atoms with Crippen LogP contribution in [-0.4, -0.2) is 13.7 Å². The van der Waals surface area contributed by atoms with Gasteiger partial charge in [-0.1, -0.05) is 127 Å². The van der Waals surface area contributed by atoms with Crippen LogP contribution >= 0.6 is 0 Å². The molecule has 0 unspecified atom stereocenters. The van der Waals surface area contributed by atoms with Crippen LogP contribution in [0.1, 0.15) is 0 Å². The van der Waals surface area contributed by atoms with E-state index in [1.807, 2.05) is 0 Å². The summed E-state index contributed by atoms with van der Waals surface area (Å²) in [5.41, 5.74) is 14.2. The first-order valence-corrected chi connectivity index (χ1v) is 18.2. The van der Waals surface area contributed by atoms with Crippen LogP contribution in [0.25, 0.3) is 93.8 Å². The lowest BCUT2D eigenvalue weighted by molar-refractivity contribution is 1.13. The first kappa shape index (κ1) is 29.6. The summed E-state index contributed by atoms with van der Waals surface area (Å²) in [7, 11) is 0. The zero-order valence-corrected chi connectivity index (χ0v) is 28.9. The molecule has 3 heteroatoms. The third-order valence-corrected chi connectivity index (χ3v) is 10.8. The minimum atomic E-state index is 1.13. The zero-order valence-electron chi connectivity index (χ0n) is 28.9. The fourth-order valence-electron chi connectivity index (χ4n) is 8.49. The average Bonchev–Trinajstić information content (AvgIpc) is 3.92. The SMILES string of the molecule is c1ccc(-c2cc(-c3ccccc3)cc(-n3ccc4c3ccc3c5ccccc5n(-c5cccc(-n6c7ccccc7c7ccccc76)c5)c34)c2)cc1. The standard InChI is InChI=1S/C50H33N3/c1-3-14-34(15-4-1)36-30-37(35-16-5-2-6-17-35)32-40(31-36)51-29-28-45-46(51)27-26-44-43-22-9-12-25-49(43)53(50(44)45)39-19-13-18-38(33-39)52-47-23-10-7-20-41(47)42-21-8-11-24-48(42)52/h1-33H. The van der Waals surface area contributed by atoms with Crippen molar-refractivity contribution < 1.29 is 0 Å². The maximum absolute atomic E-state index is 2.46. The van der Waals surface area contributed by atoms with Crippen molar-refractivity contribution in [1.29, 1.82) is 0 Å². The molecule has 0 amide bonds. The predicted molar refractivity (Wildman–Crippen MR) is 223 cm³/mol.